The monoisotopic (exact) mass is 484 g/mol. The summed E-state index contributed by atoms with van der Waals surface area (Å²) in [7, 11) is 3.81. The maximum Gasteiger partial charge on any atom is 0.328 e. The van der Waals surface area contributed by atoms with Crippen LogP contribution in [-0.4, -0.2) is 41.0 Å². The maximum atomic E-state index is 13.6. The summed E-state index contributed by atoms with van der Waals surface area (Å²) in [5.74, 6) is -0.195. The minimum Gasteiger partial charge on any atom is -0.478 e. The normalized spacial score (nSPS) is 14.1. The van der Waals surface area contributed by atoms with E-state index in [-0.39, 0.29) is 11.8 Å². The lowest BCUT2D eigenvalue weighted by Crippen LogP contribution is -2.36. The van der Waals surface area contributed by atoms with E-state index < -0.39 is 5.97 Å². The summed E-state index contributed by atoms with van der Waals surface area (Å²) in [4.78, 5) is 37.1. The molecule has 0 bridgehead atoms. The van der Waals surface area contributed by atoms with Gasteiger partial charge in [0.25, 0.3) is 0 Å². The number of nitrogens with zero attached hydrogens (tertiary/aromatic N) is 4. The van der Waals surface area contributed by atoms with E-state index in [0.717, 1.165) is 59.7 Å². The molecular formula is C29H32N4O3. The Morgan fingerprint density at radius 1 is 0.972 bits per heavy atom. The number of aromatic nitrogens is 2. The highest BCUT2D eigenvalue weighted by molar-refractivity contribution is 5.95. The van der Waals surface area contributed by atoms with Crippen LogP contribution in [0.4, 0.5) is 11.6 Å². The molecule has 3 aromatic rings. The van der Waals surface area contributed by atoms with E-state index in [4.69, 9.17) is 5.11 Å². The molecule has 1 fully saturated rings. The Balaban J connectivity index is 1.58. The first-order valence-electron chi connectivity index (χ1n) is 12.3. The smallest absolute Gasteiger partial charge is 0.328 e. The van der Waals surface area contributed by atoms with Gasteiger partial charge in [-0.2, -0.15) is 0 Å². The summed E-state index contributed by atoms with van der Waals surface area (Å²) in [5, 5.41) is 8.99. The number of rotatable bonds is 8. The molecule has 7 heteroatoms. The van der Waals surface area contributed by atoms with Gasteiger partial charge < -0.3 is 14.9 Å². The lowest BCUT2D eigenvalue weighted by molar-refractivity contribution is -0.131. The molecule has 0 aliphatic heterocycles. The van der Waals surface area contributed by atoms with Crippen LogP contribution in [0, 0.1) is 5.92 Å². The molecule has 0 radical (unpaired) electrons. The first-order chi connectivity index (χ1) is 17.4. The first-order valence-corrected chi connectivity index (χ1v) is 12.3. The minimum atomic E-state index is -1.00. The second-order valence-corrected chi connectivity index (χ2v) is 9.39. The van der Waals surface area contributed by atoms with Gasteiger partial charge in [-0.25, -0.2) is 14.8 Å². The summed E-state index contributed by atoms with van der Waals surface area (Å²) in [5.41, 5.74) is 4.47. The predicted octanol–water partition coefficient (Wildman–Crippen LogP) is 5.42. The summed E-state index contributed by atoms with van der Waals surface area (Å²) >= 11 is 0. The lowest BCUT2D eigenvalue weighted by Gasteiger charge is -2.30. The Kier molecular flexibility index (Phi) is 8.10. The van der Waals surface area contributed by atoms with Crippen molar-refractivity contribution < 1.29 is 14.7 Å². The first kappa shape index (κ1) is 25.1. The molecular weight excluding hydrogens is 452 g/mol. The SMILES string of the molecule is CN(C)c1ncc(-c2ccc(CN(C(=O)C3CCCCC3)c3cccc(C=CC(=O)O)c3)cc2)cn1. The molecule has 7 nitrogen and oxygen atoms in total. The summed E-state index contributed by atoms with van der Waals surface area (Å²) in [6, 6.07) is 15.6. The van der Waals surface area contributed by atoms with Crippen LogP contribution in [0.15, 0.2) is 67.0 Å². The molecule has 2 aromatic carbocycles. The average Bonchev–Trinajstić information content (AvgIpc) is 2.91. The van der Waals surface area contributed by atoms with Gasteiger partial charge in [-0.15, -0.1) is 0 Å². The van der Waals surface area contributed by atoms with Crippen molar-refractivity contribution in [2.75, 3.05) is 23.9 Å². The van der Waals surface area contributed by atoms with Gasteiger partial charge in [-0.3, -0.25) is 4.79 Å². The van der Waals surface area contributed by atoms with Gasteiger partial charge in [0.1, 0.15) is 0 Å². The Morgan fingerprint density at radius 2 is 1.67 bits per heavy atom. The van der Waals surface area contributed by atoms with Crippen molar-refractivity contribution in [2.45, 2.75) is 38.6 Å². The highest BCUT2D eigenvalue weighted by Crippen LogP contribution is 2.30. The van der Waals surface area contributed by atoms with Gasteiger partial charge in [-0.1, -0.05) is 55.7 Å². The molecule has 1 heterocycles. The number of carboxylic acid groups (broad SMARTS) is 1. The van der Waals surface area contributed by atoms with E-state index in [1.807, 2.05) is 84.8 Å². The molecule has 1 amide bonds. The molecule has 0 atom stereocenters. The van der Waals surface area contributed by atoms with Crippen LogP contribution in [-0.2, 0) is 16.1 Å². The fourth-order valence-electron chi connectivity index (χ4n) is 4.52. The average molecular weight is 485 g/mol. The van der Waals surface area contributed by atoms with E-state index in [2.05, 4.69) is 9.97 Å². The molecule has 0 spiro atoms. The van der Waals surface area contributed by atoms with Gasteiger partial charge in [0.2, 0.25) is 11.9 Å². The predicted molar refractivity (Wildman–Crippen MR) is 143 cm³/mol. The molecule has 36 heavy (non-hydrogen) atoms. The number of carbonyl (C=O) groups is 2. The summed E-state index contributed by atoms with van der Waals surface area (Å²) in [6.07, 6.45) is 11.4. The van der Waals surface area contributed by atoms with Crippen molar-refractivity contribution in [3.05, 3.63) is 78.1 Å². The Morgan fingerprint density at radius 3 is 2.31 bits per heavy atom. The third kappa shape index (κ3) is 6.36. The molecule has 0 unspecified atom stereocenters. The molecule has 1 N–H and O–H groups in total. The maximum absolute atomic E-state index is 13.6. The topological polar surface area (TPSA) is 86.6 Å². The largest absolute Gasteiger partial charge is 0.478 e. The highest BCUT2D eigenvalue weighted by atomic mass is 16.4. The number of carboxylic acids is 1. The third-order valence-electron chi connectivity index (χ3n) is 6.49. The number of amides is 1. The minimum absolute atomic E-state index is 0.0172. The zero-order valence-electron chi connectivity index (χ0n) is 20.8. The van der Waals surface area contributed by atoms with Crippen molar-refractivity contribution in [3.63, 3.8) is 0 Å². The van der Waals surface area contributed by atoms with Crippen LogP contribution < -0.4 is 9.80 Å². The van der Waals surface area contributed by atoms with E-state index in [1.165, 1.54) is 6.42 Å². The molecule has 1 aliphatic rings. The Hall–Kier alpha value is -4.00. The van der Waals surface area contributed by atoms with Gasteiger partial charge in [-0.05, 0) is 47.7 Å². The second kappa shape index (κ2) is 11.6. The van der Waals surface area contributed by atoms with Crippen molar-refractivity contribution in [3.8, 4) is 11.1 Å². The molecule has 1 aromatic heterocycles. The number of anilines is 2. The van der Waals surface area contributed by atoms with Gasteiger partial charge in [0, 0.05) is 49.7 Å². The van der Waals surface area contributed by atoms with E-state index in [0.29, 0.717) is 12.5 Å². The fraction of sp³-hybridized carbons (Fsp3) is 0.310. The van der Waals surface area contributed by atoms with Crippen molar-refractivity contribution >= 4 is 29.6 Å². The quantitative estimate of drug-likeness (QED) is 0.430. The zero-order chi connectivity index (χ0) is 25.5. The van der Waals surface area contributed by atoms with Crippen LogP contribution in [0.2, 0.25) is 0 Å². The third-order valence-corrected chi connectivity index (χ3v) is 6.49. The molecule has 4 rings (SSSR count). The van der Waals surface area contributed by atoms with Crippen molar-refractivity contribution in [1.29, 1.82) is 0 Å². The number of hydrogen-bond donors (Lipinski definition) is 1. The van der Waals surface area contributed by atoms with E-state index in [1.54, 1.807) is 6.08 Å². The summed E-state index contributed by atoms with van der Waals surface area (Å²) < 4.78 is 0. The van der Waals surface area contributed by atoms with Gasteiger partial charge in [0.05, 0.1) is 6.54 Å². The molecule has 1 saturated carbocycles. The van der Waals surface area contributed by atoms with Crippen LogP contribution >= 0.6 is 0 Å². The van der Waals surface area contributed by atoms with Crippen molar-refractivity contribution in [1.82, 2.24) is 9.97 Å². The fourth-order valence-corrected chi connectivity index (χ4v) is 4.52. The number of aliphatic carboxylic acids is 1. The molecule has 1 aliphatic carbocycles. The number of carbonyl (C=O) groups excluding carboxylic acids is 1. The molecule has 186 valence electrons. The Labute approximate surface area is 212 Å². The van der Waals surface area contributed by atoms with Crippen LogP contribution in [0.5, 0.6) is 0 Å². The van der Waals surface area contributed by atoms with Crippen LogP contribution in [0.3, 0.4) is 0 Å². The van der Waals surface area contributed by atoms with Gasteiger partial charge in [0.15, 0.2) is 0 Å². The van der Waals surface area contributed by atoms with Crippen molar-refractivity contribution in [2.24, 2.45) is 5.92 Å². The van der Waals surface area contributed by atoms with Crippen LogP contribution in [0.25, 0.3) is 17.2 Å². The number of benzene rings is 2. The van der Waals surface area contributed by atoms with Gasteiger partial charge >= 0.3 is 5.97 Å². The second-order valence-electron chi connectivity index (χ2n) is 9.39. The number of hydrogen-bond acceptors (Lipinski definition) is 5. The standard InChI is InChI=1S/C29H32N4O3/c1-32(2)29-30-18-25(19-31-29)23-14-11-22(12-15-23)20-33(28(36)24-8-4-3-5-9-24)26-10-6-7-21(17-26)13-16-27(34)35/h6-7,10-19,24H,3-5,8-9,20H2,1-2H3,(H,34,35). The van der Waals surface area contributed by atoms with Crippen LogP contribution in [0.1, 0.15) is 43.2 Å². The van der Waals surface area contributed by atoms with E-state index in [9.17, 15) is 9.59 Å². The van der Waals surface area contributed by atoms with E-state index >= 15 is 0 Å². The molecule has 0 saturated heterocycles. The lowest BCUT2D eigenvalue weighted by atomic mass is 9.88. The Bertz CT molecular complexity index is 1210. The highest BCUT2D eigenvalue weighted by Gasteiger charge is 2.27. The zero-order valence-corrected chi connectivity index (χ0v) is 20.8. The summed E-state index contributed by atoms with van der Waals surface area (Å²) in [6.45, 7) is 0.442.